The molecule has 160 valence electrons. The Balaban J connectivity index is 1.09. The van der Waals surface area contributed by atoms with Crippen LogP contribution >= 0.6 is 11.8 Å². The smallest absolute Gasteiger partial charge is 0.172 e. The molecule has 0 radical (unpaired) electrons. The first-order valence-corrected chi connectivity index (χ1v) is 12.4. The molecule has 2 aliphatic rings. The zero-order valence-corrected chi connectivity index (χ0v) is 19.0. The molecule has 4 aromatic carbocycles. The van der Waals surface area contributed by atoms with Crippen molar-refractivity contribution >= 4 is 23.3 Å². The third kappa shape index (κ3) is 3.63. The lowest BCUT2D eigenvalue weighted by Gasteiger charge is -2.06. The van der Waals surface area contributed by atoms with E-state index in [1.54, 1.807) is 0 Å². The van der Waals surface area contributed by atoms with Crippen LogP contribution in [0.25, 0.3) is 22.3 Å². The minimum absolute atomic E-state index is 0.0796. The molecule has 4 aromatic rings. The van der Waals surface area contributed by atoms with Crippen LogP contribution in [0, 0.1) is 0 Å². The molecule has 2 aliphatic carbocycles. The Morgan fingerprint density at radius 2 is 0.970 bits per heavy atom. The van der Waals surface area contributed by atoms with Gasteiger partial charge in [-0.15, -0.1) is 11.8 Å². The van der Waals surface area contributed by atoms with Crippen LogP contribution in [0.1, 0.15) is 43.0 Å². The second-order valence-corrected chi connectivity index (χ2v) is 9.74. The van der Waals surface area contributed by atoms with Crippen molar-refractivity contribution in [3.05, 3.63) is 118 Å². The molecule has 6 rings (SSSR count). The molecule has 0 N–H and O–H groups in total. The van der Waals surface area contributed by atoms with E-state index in [1.165, 1.54) is 56.3 Å². The third-order valence-corrected chi connectivity index (χ3v) is 7.63. The molecule has 33 heavy (non-hydrogen) atoms. The molecule has 0 amide bonds. The van der Waals surface area contributed by atoms with Crippen LogP contribution in [0.15, 0.2) is 84.9 Å². The van der Waals surface area contributed by atoms with E-state index in [-0.39, 0.29) is 11.6 Å². The predicted octanol–water partition coefficient (Wildman–Crippen LogP) is 6.63. The molecule has 3 heteroatoms. The van der Waals surface area contributed by atoms with Crippen molar-refractivity contribution in [1.29, 1.82) is 0 Å². The summed E-state index contributed by atoms with van der Waals surface area (Å²) in [6.07, 6.45) is 1.75. The van der Waals surface area contributed by atoms with Crippen LogP contribution < -0.4 is 0 Å². The Morgan fingerprint density at radius 3 is 1.45 bits per heavy atom. The van der Waals surface area contributed by atoms with E-state index in [0.717, 1.165) is 24.0 Å². The normalized spacial score (nSPS) is 12.6. The van der Waals surface area contributed by atoms with Crippen LogP contribution in [-0.4, -0.2) is 23.1 Å². The molecule has 2 nitrogen and oxygen atoms in total. The maximum Gasteiger partial charge on any atom is 0.172 e. The fourth-order valence-corrected chi connectivity index (χ4v) is 5.85. The largest absolute Gasteiger partial charge is 0.293 e. The number of fused-ring (bicyclic) bond motifs is 6. The zero-order chi connectivity index (χ0) is 22.4. The molecule has 0 heterocycles. The molecular formula is C30H22O2S. The van der Waals surface area contributed by atoms with Gasteiger partial charge < -0.3 is 0 Å². The highest BCUT2D eigenvalue weighted by atomic mass is 32.2. The fourth-order valence-electron chi connectivity index (χ4n) is 5.04. The highest BCUT2D eigenvalue weighted by Crippen LogP contribution is 2.38. The molecule has 0 unspecified atom stereocenters. The highest BCUT2D eigenvalue weighted by Gasteiger charge is 2.21. The SMILES string of the molecule is O=C(CSCC(=O)c1ccc2c(c1)Cc1ccccc1-2)c1ccc2c(c1)Cc1ccccc1-2. The average Bonchev–Trinajstić information content (AvgIpc) is 3.41. The van der Waals surface area contributed by atoms with Gasteiger partial charge in [-0.3, -0.25) is 9.59 Å². The maximum atomic E-state index is 12.8. The number of thioether (sulfide) groups is 1. The van der Waals surface area contributed by atoms with E-state index in [4.69, 9.17) is 0 Å². The van der Waals surface area contributed by atoms with Gasteiger partial charge in [0.2, 0.25) is 0 Å². The van der Waals surface area contributed by atoms with E-state index >= 15 is 0 Å². The van der Waals surface area contributed by atoms with Crippen LogP contribution in [0.4, 0.5) is 0 Å². The van der Waals surface area contributed by atoms with Crippen molar-refractivity contribution in [3.63, 3.8) is 0 Å². The van der Waals surface area contributed by atoms with E-state index in [2.05, 4.69) is 60.7 Å². The van der Waals surface area contributed by atoms with E-state index in [9.17, 15) is 9.59 Å². The maximum absolute atomic E-state index is 12.8. The van der Waals surface area contributed by atoms with Gasteiger partial charge >= 0.3 is 0 Å². The fraction of sp³-hybridized carbons (Fsp3) is 0.133. The first-order chi connectivity index (χ1) is 16.2. The number of Topliss-reactive ketones (excluding diaryl/α,β-unsaturated/α-hetero) is 2. The zero-order valence-electron chi connectivity index (χ0n) is 18.1. The summed E-state index contributed by atoms with van der Waals surface area (Å²) in [5, 5.41) is 0. The average molecular weight is 447 g/mol. The van der Waals surface area contributed by atoms with Gasteiger partial charge in [0.15, 0.2) is 11.6 Å². The second kappa shape index (κ2) is 8.17. The number of carbonyl (C=O) groups is 2. The summed E-state index contributed by atoms with van der Waals surface area (Å²) in [5.74, 6) is 0.786. The summed E-state index contributed by atoms with van der Waals surface area (Å²) in [7, 11) is 0. The van der Waals surface area contributed by atoms with Gasteiger partial charge in [0, 0.05) is 11.1 Å². The summed E-state index contributed by atoms with van der Waals surface area (Å²) < 4.78 is 0. The van der Waals surface area contributed by atoms with Crippen molar-refractivity contribution in [2.24, 2.45) is 0 Å². The molecule has 0 spiro atoms. The second-order valence-electron chi connectivity index (χ2n) is 8.75. The molecule has 0 aromatic heterocycles. The molecule has 0 saturated heterocycles. The van der Waals surface area contributed by atoms with Crippen LogP contribution in [0.3, 0.4) is 0 Å². The van der Waals surface area contributed by atoms with Crippen molar-refractivity contribution in [1.82, 2.24) is 0 Å². The van der Waals surface area contributed by atoms with Gasteiger partial charge in [-0.05, 0) is 69.5 Å². The molecule has 0 atom stereocenters. The van der Waals surface area contributed by atoms with Crippen LogP contribution in [0.5, 0.6) is 0 Å². The first kappa shape index (κ1) is 20.2. The van der Waals surface area contributed by atoms with Gasteiger partial charge in [-0.25, -0.2) is 0 Å². The van der Waals surface area contributed by atoms with E-state index in [1.807, 2.05) is 24.3 Å². The Hall–Kier alpha value is -3.43. The lowest BCUT2D eigenvalue weighted by molar-refractivity contribution is 0.102. The topological polar surface area (TPSA) is 34.1 Å². The van der Waals surface area contributed by atoms with Crippen molar-refractivity contribution in [2.75, 3.05) is 11.5 Å². The summed E-state index contributed by atoms with van der Waals surface area (Å²) in [4.78, 5) is 25.6. The molecule has 0 saturated carbocycles. The van der Waals surface area contributed by atoms with Crippen molar-refractivity contribution in [3.8, 4) is 22.3 Å². The first-order valence-electron chi connectivity index (χ1n) is 11.2. The number of rotatable bonds is 6. The van der Waals surface area contributed by atoms with Crippen LogP contribution in [-0.2, 0) is 12.8 Å². The van der Waals surface area contributed by atoms with Gasteiger partial charge in [-0.1, -0.05) is 72.8 Å². The summed E-state index contributed by atoms with van der Waals surface area (Å²) in [6.45, 7) is 0. The third-order valence-electron chi connectivity index (χ3n) is 6.70. The molecule has 0 bridgehead atoms. The van der Waals surface area contributed by atoms with Crippen molar-refractivity contribution in [2.45, 2.75) is 12.8 Å². The summed E-state index contributed by atoms with van der Waals surface area (Å²) in [5.41, 5.74) is 11.5. The van der Waals surface area contributed by atoms with Crippen molar-refractivity contribution < 1.29 is 9.59 Å². The van der Waals surface area contributed by atoms with E-state index < -0.39 is 0 Å². The number of hydrogen-bond donors (Lipinski definition) is 0. The molecule has 0 fully saturated rings. The Labute approximate surface area is 197 Å². The summed E-state index contributed by atoms with van der Waals surface area (Å²) >= 11 is 1.40. The lowest BCUT2D eigenvalue weighted by atomic mass is 10.0. The quantitative estimate of drug-likeness (QED) is 0.269. The number of hydrogen-bond acceptors (Lipinski definition) is 3. The Kier molecular flexibility index (Phi) is 5.00. The minimum Gasteiger partial charge on any atom is -0.293 e. The van der Waals surface area contributed by atoms with Crippen LogP contribution in [0.2, 0.25) is 0 Å². The molecular weight excluding hydrogens is 424 g/mol. The number of carbonyl (C=O) groups excluding carboxylic acids is 2. The highest BCUT2D eigenvalue weighted by molar-refractivity contribution is 8.00. The standard InChI is InChI=1S/C30H22O2S/c31-29(21-9-11-27-23(15-21)13-19-5-1-3-7-25(19)27)17-33-18-30(32)22-10-12-28-24(16-22)14-20-6-2-4-8-26(20)28/h1-12,15-16H,13-14,17-18H2. The summed E-state index contributed by atoms with van der Waals surface area (Å²) in [6, 6.07) is 28.8. The van der Waals surface area contributed by atoms with Gasteiger partial charge in [0.25, 0.3) is 0 Å². The number of benzene rings is 4. The van der Waals surface area contributed by atoms with Gasteiger partial charge in [-0.2, -0.15) is 0 Å². The Morgan fingerprint density at radius 1 is 0.545 bits per heavy atom. The monoisotopic (exact) mass is 446 g/mol. The van der Waals surface area contributed by atoms with E-state index in [0.29, 0.717) is 11.5 Å². The lowest BCUT2D eigenvalue weighted by Crippen LogP contribution is -2.08. The Bertz CT molecular complexity index is 1320. The van der Waals surface area contributed by atoms with Gasteiger partial charge in [0.1, 0.15) is 0 Å². The minimum atomic E-state index is 0.0796. The number of ketones is 2. The van der Waals surface area contributed by atoms with Gasteiger partial charge in [0.05, 0.1) is 11.5 Å². The predicted molar refractivity (Wildman–Crippen MR) is 135 cm³/mol. The molecule has 0 aliphatic heterocycles.